The molecule has 14 heavy (non-hydrogen) atoms. The molecule has 1 aliphatic rings. The maximum atomic E-state index is 12.7. The Kier molecular flexibility index (Phi) is 3.71. The molecule has 1 N–H and O–H groups in total. The van der Waals surface area contributed by atoms with Gasteiger partial charge in [-0.1, -0.05) is 0 Å². The van der Waals surface area contributed by atoms with Crippen LogP contribution in [0.3, 0.4) is 0 Å². The second-order valence-electron chi connectivity index (χ2n) is 3.61. The van der Waals surface area contributed by atoms with Crippen molar-refractivity contribution >= 4 is 17.7 Å². The van der Waals surface area contributed by atoms with E-state index in [-0.39, 0.29) is 0 Å². The van der Waals surface area contributed by atoms with Gasteiger partial charge in [0.1, 0.15) is 0 Å². The van der Waals surface area contributed by atoms with Gasteiger partial charge in [0.25, 0.3) is 0 Å². The van der Waals surface area contributed by atoms with Crippen molar-refractivity contribution < 1.29 is 18.7 Å². The number of carbonyl (C=O) groups is 1. The fourth-order valence-electron chi connectivity index (χ4n) is 1.30. The van der Waals surface area contributed by atoms with Gasteiger partial charge in [-0.2, -0.15) is 20.5 Å². The zero-order valence-corrected chi connectivity index (χ0v) is 8.69. The number of carboxylic acids is 1. The Morgan fingerprint density at radius 3 is 2.57 bits per heavy atom. The van der Waals surface area contributed by atoms with Crippen LogP contribution in [-0.4, -0.2) is 53.5 Å². The lowest BCUT2D eigenvalue weighted by molar-refractivity contribution is -0.167. The SMILES string of the molecule is CN(CC1CSC1)CC(F)(F)C(=O)O. The molecule has 1 aliphatic heterocycles. The number of halogens is 2. The van der Waals surface area contributed by atoms with Gasteiger partial charge in [-0.15, -0.1) is 0 Å². The molecule has 0 bridgehead atoms. The number of carboxylic acid groups (broad SMARTS) is 1. The molecule has 0 aromatic heterocycles. The van der Waals surface area contributed by atoms with Crippen LogP contribution < -0.4 is 0 Å². The lowest BCUT2D eigenvalue weighted by Gasteiger charge is -2.30. The van der Waals surface area contributed by atoms with Crippen molar-refractivity contribution in [3.8, 4) is 0 Å². The van der Waals surface area contributed by atoms with Crippen molar-refractivity contribution in [1.29, 1.82) is 0 Å². The number of hydrogen-bond donors (Lipinski definition) is 1. The highest BCUT2D eigenvalue weighted by molar-refractivity contribution is 8.00. The Labute approximate surface area is 85.5 Å². The predicted molar refractivity (Wildman–Crippen MR) is 50.9 cm³/mol. The second-order valence-corrected chi connectivity index (χ2v) is 4.68. The van der Waals surface area contributed by atoms with E-state index in [0.29, 0.717) is 12.5 Å². The smallest absolute Gasteiger partial charge is 0.375 e. The predicted octanol–water partition coefficient (Wildman–Crippen LogP) is 1.00. The first-order valence-corrected chi connectivity index (χ1v) is 5.45. The van der Waals surface area contributed by atoms with Crippen molar-refractivity contribution in [2.24, 2.45) is 5.92 Å². The first-order valence-electron chi connectivity index (χ1n) is 4.29. The number of alkyl halides is 2. The summed E-state index contributed by atoms with van der Waals surface area (Å²) in [7, 11) is 1.53. The molecule has 0 atom stereocenters. The van der Waals surface area contributed by atoms with E-state index in [0.717, 1.165) is 11.5 Å². The van der Waals surface area contributed by atoms with E-state index in [1.807, 2.05) is 0 Å². The summed E-state index contributed by atoms with van der Waals surface area (Å²) in [5.74, 6) is -3.26. The maximum Gasteiger partial charge on any atom is 0.375 e. The van der Waals surface area contributed by atoms with Crippen LogP contribution in [-0.2, 0) is 4.79 Å². The van der Waals surface area contributed by atoms with Crippen molar-refractivity contribution in [3.63, 3.8) is 0 Å². The molecule has 6 heteroatoms. The summed E-state index contributed by atoms with van der Waals surface area (Å²) in [4.78, 5) is 11.5. The lowest BCUT2D eigenvalue weighted by atomic mass is 10.2. The standard InChI is InChI=1S/C8H13F2NO2S/c1-11(2-6-3-14-4-6)5-8(9,10)7(12)13/h6H,2-5H2,1H3,(H,12,13). The fourth-order valence-corrected chi connectivity index (χ4v) is 2.08. The molecule has 0 radical (unpaired) electrons. The zero-order chi connectivity index (χ0) is 10.8. The van der Waals surface area contributed by atoms with Gasteiger partial charge in [0.2, 0.25) is 0 Å². The highest BCUT2D eigenvalue weighted by atomic mass is 32.2. The molecule has 0 aromatic carbocycles. The molecule has 82 valence electrons. The third-order valence-corrected chi connectivity index (χ3v) is 3.47. The van der Waals surface area contributed by atoms with Gasteiger partial charge in [0.05, 0.1) is 6.54 Å². The number of hydrogen-bond acceptors (Lipinski definition) is 3. The molecule has 0 aromatic rings. The topological polar surface area (TPSA) is 40.5 Å². The molecule has 1 heterocycles. The van der Waals surface area contributed by atoms with E-state index < -0.39 is 18.4 Å². The number of rotatable bonds is 5. The summed E-state index contributed by atoms with van der Waals surface area (Å²) in [6.07, 6.45) is 0. The van der Waals surface area contributed by atoms with E-state index in [1.165, 1.54) is 11.9 Å². The summed E-state index contributed by atoms with van der Waals surface area (Å²) < 4.78 is 25.4. The van der Waals surface area contributed by atoms with E-state index >= 15 is 0 Å². The summed E-state index contributed by atoms with van der Waals surface area (Å²) in [6, 6.07) is 0. The van der Waals surface area contributed by atoms with Crippen molar-refractivity contribution in [3.05, 3.63) is 0 Å². The van der Waals surface area contributed by atoms with Crippen LogP contribution in [0.25, 0.3) is 0 Å². The average Bonchev–Trinajstić information content (AvgIpc) is 1.96. The third-order valence-electron chi connectivity index (χ3n) is 2.06. The minimum Gasteiger partial charge on any atom is -0.477 e. The molecular formula is C8H13F2NO2S. The van der Waals surface area contributed by atoms with Gasteiger partial charge in [0.15, 0.2) is 0 Å². The summed E-state index contributed by atoms with van der Waals surface area (Å²) in [5.41, 5.74) is 0. The Morgan fingerprint density at radius 2 is 2.21 bits per heavy atom. The molecule has 0 spiro atoms. The Morgan fingerprint density at radius 1 is 1.64 bits per heavy atom. The van der Waals surface area contributed by atoms with E-state index in [2.05, 4.69) is 0 Å². The zero-order valence-electron chi connectivity index (χ0n) is 7.87. The molecule has 0 amide bonds. The molecule has 0 aliphatic carbocycles. The Balaban J connectivity index is 2.30. The monoisotopic (exact) mass is 225 g/mol. The van der Waals surface area contributed by atoms with E-state index in [9.17, 15) is 13.6 Å². The Hall–Kier alpha value is -0.360. The Bertz CT molecular complexity index is 221. The minimum absolute atomic E-state index is 0.439. The molecule has 0 unspecified atom stereocenters. The van der Waals surface area contributed by atoms with Gasteiger partial charge in [-0.3, -0.25) is 4.90 Å². The van der Waals surface area contributed by atoms with E-state index in [1.54, 1.807) is 11.8 Å². The van der Waals surface area contributed by atoms with Crippen molar-refractivity contribution in [2.75, 3.05) is 31.6 Å². The molecule has 1 rings (SSSR count). The van der Waals surface area contributed by atoms with Crippen molar-refractivity contribution in [1.82, 2.24) is 4.90 Å². The van der Waals surface area contributed by atoms with Crippen LogP contribution in [0.5, 0.6) is 0 Å². The molecular weight excluding hydrogens is 212 g/mol. The number of nitrogens with zero attached hydrogens (tertiary/aromatic N) is 1. The van der Waals surface area contributed by atoms with Crippen LogP contribution in [0, 0.1) is 5.92 Å². The first-order chi connectivity index (χ1) is 6.42. The number of aliphatic carboxylic acids is 1. The van der Waals surface area contributed by atoms with Crippen LogP contribution >= 0.6 is 11.8 Å². The summed E-state index contributed by atoms with van der Waals surface area (Å²) in [5, 5.41) is 8.21. The van der Waals surface area contributed by atoms with Gasteiger partial charge in [-0.05, 0) is 24.5 Å². The van der Waals surface area contributed by atoms with Gasteiger partial charge >= 0.3 is 11.9 Å². The van der Waals surface area contributed by atoms with Crippen LogP contribution in [0.15, 0.2) is 0 Å². The largest absolute Gasteiger partial charge is 0.477 e. The molecule has 1 fully saturated rings. The first kappa shape index (κ1) is 11.7. The highest BCUT2D eigenvalue weighted by Crippen LogP contribution is 2.25. The minimum atomic E-state index is -3.63. The molecule has 3 nitrogen and oxygen atoms in total. The number of thioether (sulfide) groups is 1. The fraction of sp³-hybridized carbons (Fsp3) is 0.875. The quantitative estimate of drug-likeness (QED) is 0.758. The average molecular weight is 225 g/mol. The lowest BCUT2D eigenvalue weighted by Crippen LogP contribution is -2.43. The molecule has 0 saturated carbocycles. The third kappa shape index (κ3) is 3.09. The summed E-state index contributed by atoms with van der Waals surface area (Å²) in [6.45, 7) is -0.153. The highest BCUT2D eigenvalue weighted by Gasteiger charge is 2.40. The summed E-state index contributed by atoms with van der Waals surface area (Å²) >= 11 is 1.78. The van der Waals surface area contributed by atoms with Crippen molar-refractivity contribution in [2.45, 2.75) is 5.92 Å². The van der Waals surface area contributed by atoms with Crippen LogP contribution in [0.2, 0.25) is 0 Å². The van der Waals surface area contributed by atoms with Gasteiger partial charge in [-0.25, -0.2) is 4.79 Å². The normalized spacial score (nSPS) is 18.3. The molecule has 1 saturated heterocycles. The van der Waals surface area contributed by atoms with Gasteiger partial charge < -0.3 is 5.11 Å². The second kappa shape index (κ2) is 4.44. The maximum absolute atomic E-state index is 12.7. The van der Waals surface area contributed by atoms with Gasteiger partial charge in [0, 0.05) is 6.54 Å². The van der Waals surface area contributed by atoms with Crippen LogP contribution in [0.1, 0.15) is 0 Å². The van der Waals surface area contributed by atoms with E-state index in [4.69, 9.17) is 5.11 Å². The van der Waals surface area contributed by atoms with Crippen LogP contribution in [0.4, 0.5) is 8.78 Å².